The summed E-state index contributed by atoms with van der Waals surface area (Å²) in [4.78, 5) is 31.7. The molecule has 7 nitrogen and oxygen atoms in total. The van der Waals surface area contributed by atoms with Gasteiger partial charge < -0.3 is 19.4 Å². The first-order valence-electron chi connectivity index (χ1n) is 11.1. The van der Waals surface area contributed by atoms with Crippen molar-refractivity contribution in [2.24, 2.45) is 11.8 Å². The summed E-state index contributed by atoms with van der Waals surface area (Å²) in [6.45, 7) is 5.18. The number of aromatic nitrogens is 1. The highest BCUT2D eigenvalue weighted by Gasteiger charge is 2.31. The van der Waals surface area contributed by atoms with Crippen molar-refractivity contribution in [1.82, 2.24) is 10.3 Å². The van der Waals surface area contributed by atoms with Gasteiger partial charge in [0.2, 0.25) is 0 Å². The molecule has 1 aliphatic carbocycles. The number of benzene rings is 1. The first kappa shape index (κ1) is 20.7. The highest BCUT2D eigenvalue weighted by atomic mass is 16.5. The number of nitrogens with zero attached hydrogens (tertiary/aromatic N) is 2. The number of rotatable bonds is 5. The largest absolute Gasteiger partial charge is 0.452 e. The van der Waals surface area contributed by atoms with Crippen LogP contribution in [0.5, 0.6) is 0 Å². The number of nitrogens with one attached hydrogen (secondary N) is 1. The minimum atomic E-state index is -0.762. The number of oxazole rings is 1. The lowest BCUT2D eigenvalue weighted by molar-refractivity contribution is -0.159. The number of esters is 1. The molecule has 3 unspecified atom stereocenters. The van der Waals surface area contributed by atoms with Gasteiger partial charge in [-0.05, 0) is 50.7 Å². The van der Waals surface area contributed by atoms with E-state index in [1.165, 1.54) is 6.42 Å². The molecule has 1 aliphatic heterocycles. The summed E-state index contributed by atoms with van der Waals surface area (Å²) in [6.07, 6.45) is 5.06. The molecule has 1 N–H and O–H groups in total. The van der Waals surface area contributed by atoms with Gasteiger partial charge in [-0.1, -0.05) is 31.9 Å². The molecule has 1 amide bonds. The molecular formula is C23H31N3O4. The second kappa shape index (κ2) is 9.06. The number of para-hydroxylation sites is 2. The van der Waals surface area contributed by atoms with E-state index in [4.69, 9.17) is 9.15 Å². The summed E-state index contributed by atoms with van der Waals surface area (Å²) in [5, 5.41) is 3.07. The minimum Gasteiger partial charge on any atom is -0.452 e. The van der Waals surface area contributed by atoms with E-state index < -0.39 is 6.10 Å². The first-order chi connectivity index (χ1) is 14.5. The van der Waals surface area contributed by atoms with E-state index in [9.17, 15) is 9.59 Å². The Morgan fingerprint density at radius 2 is 1.90 bits per heavy atom. The summed E-state index contributed by atoms with van der Waals surface area (Å²) in [7, 11) is 0. The fourth-order valence-electron chi connectivity index (χ4n) is 4.46. The monoisotopic (exact) mass is 413 g/mol. The third-order valence-corrected chi connectivity index (χ3v) is 6.48. The summed E-state index contributed by atoms with van der Waals surface area (Å²) in [6, 6.07) is 8.46. The number of fused-ring (bicyclic) bond motifs is 1. The van der Waals surface area contributed by atoms with E-state index in [2.05, 4.69) is 22.1 Å². The molecule has 4 rings (SSSR count). The number of hydrogen-bond donors (Lipinski definition) is 1. The Balaban J connectivity index is 1.26. The molecule has 162 valence electrons. The number of carbonyl (C=O) groups excluding carboxylic acids is 2. The zero-order valence-electron chi connectivity index (χ0n) is 17.8. The molecule has 0 spiro atoms. The van der Waals surface area contributed by atoms with Crippen molar-refractivity contribution in [3.63, 3.8) is 0 Å². The van der Waals surface area contributed by atoms with Gasteiger partial charge in [-0.2, -0.15) is 4.98 Å². The van der Waals surface area contributed by atoms with E-state index in [0.29, 0.717) is 37.9 Å². The second-order valence-corrected chi connectivity index (χ2v) is 8.68. The van der Waals surface area contributed by atoms with Crippen LogP contribution in [-0.4, -0.2) is 42.1 Å². The topological polar surface area (TPSA) is 84.7 Å². The van der Waals surface area contributed by atoms with Crippen molar-refractivity contribution in [1.29, 1.82) is 0 Å². The first-order valence-corrected chi connectivity index (χ1v) is 11.1. The van der Waals surface area contributed by atoms with Crippen LogP contribution in [0.1, 0.15) is 52.4 Å². The molecule has 2 aliphatic rings. The summed E-state index contributed by atoms with van der Waals surface area (Å²) in [5.74, 6) is -0.200. The molecule has 7 heteroatoms. The zero-order chi connectivity index (χ0) is 21.1. The second-order valence-electron chi connectivity index (χ2n) is 8.68. The highest BCUT2D eigenvalue weighted by Crippen LogP contribution is 2.27. The molecule has 3 atom stereocenters. The fraction of sp³-hybridized carbons (Fsp3) is 0.609. The standard InChI is InChI=1S/C23H31N3O4/c1-15-7-3-4-8-18(15)24-21(27)16(2)29-22(28)17-11-13-26(14-12-17)23-25-19-9-5-6-10-20(19)30-23/h5-6,9-10,15-18H,3-4,7-8,11-14H2,1-2H3,(H,24,27). The van der Waals surface area contributed by atoms with Gasteiger partial charge in [-0.3, -0.25) is 9.59 Å². The minimum absolute atomic E-state index is 0.187. The third-order valence-electron chi connectivity index (χ3n) is 6.48. The normalized spacial score (nSPS) is 23.9. The number of carbonyl (C=O) groups is 2. The lowest BCUT2D eigenvalue weighted by atomic mass is 9.86. The molecule has 1 aromatic carbocycles. The lowest BCUT2D eigenvalue weighted by Gasteiger charge is -2.31. The summed E-state index contributed by atoms with van der Waals surface area (Å²) >= 11 is 0. The number of anilines is 1. The van der Waals surface area contributed by atoms with Crippen LogP contribution in [0.25, 0.3) is 11.1 Å². The summed E-state index contributed by atoms with van der Waals surface area (Å²) in [5.41, 5.74) is 1.60. The molecular weight excluding hydrogens is 382 g/mol. The fourth-order valence-corrected chi connectivity index (χ4v) is 4.46. The SMILES string of the molecule is CC(OC(=O)C1CCN(c2nc3ccccc3o2)CC1)C(=O)NC1CCCCC1C. The van der Waals surface area contributed by atoms with Crippen molar-refractivity contribution in [3.8, 4) is 0 Å². The van der Waals surface area contributed by atoms with Gasteiger partial charge in [0.05, 0.1) is 5.92 Å². The smallest absolute Gasteiger partial charge is 0.309 e. The van der Waals surface area contributed by atoms with Crippen molar-refractivity contribution in [2.75, 3.05) is 18.0 Å². The quantitative estimate of drug-likeness (QED) is 0.753. The summed E-state index contributed by atoms with van der Waals surface area (Å²) < 4.78 is 11.3. The van der Waals surface area contributed by atoms with Crippen LogP contribution < -0.4 is 10.2 Å². The average molecular weight is 414 g/mol. The van der Waals surface area contributed by atoms with Crippen LogP contribution in [0, 0.1) is 11.8 Å². The maximum atomic E-state index is 12.6. The Labute approximate surface area is 177 Å². The van der Waals surface area contributed by atoms with Crippen LogP contribution in [0.2, 0.25) is 0 Å². The van der Waals surface area contributed by atoms with E-state index >= 15 is 0 Å². The average Bonchev–Trinajstić information content (AvgIpc) is 3.19. The van der Waals surface area contributed by atoms with Crippen molar-refractivity contribution < 1.29 is 18.7 Å². The molecule has 30 heavy (non-hydrogen) atoms. The number of amides is 1. The van der Waals surface area contributed by atoms with Gasteiger partial charge in [-0.15, -0.1) is 0 Å². The molecule has 2 fully saturated rings. The zero-order valence-corrected chi connectivity index (χ0v) is 17.8. The van der Waals surface area contributed by atoms with Crippen LogP contribution in [0.3, 0.4) is 0 Å². The third kappa shape index (κ3) is 4.60. The van der Waals surface area contributed by atoms with E-state index in [1.807, 2.05) is 24.3 Å². The molecule has 0 bridgehead atoms. The maximum Gasteiger partial charge on any atom is 0.309 e. The van der Waals surface area contributed by atoms with Gasteiger partial charge in [0.25, 0.3) is 11.9 Å². The van der Waals surface area contributed by atoms with Crippen molar-refractivity contribution in [3.05, 3.63) is 24.3 Å². The Morgan fingerprint density at radius 1 is 1.17 bits per heavy atom. The molecule has 1 aromatic heterocycles. The molecule has 2 aromatic rings. The van der Waals surface area contributed by atoms with Gasteiger partial charge in [0.1, 0.15) is 5.52 Å². The van der Waals surface area contributed by atoms with E-state index in [1.54, 1.807) is 6.92 Å². The number of piperidine rings is 1. The van der Waals surface area contributed by atoms with Crippen molar-refractivity contribution >= 4 is 29.0 Å². The van der Waals surface area contributed by atoms with Crippen LogP contribution >= 0.6 is 0 Å². The Hall–Kier alpha value is -2.57. The molecule has 2 heterocycles. The van der Waals surface area contributed by atoms with Crippen LogP contribution in [0.4, 0.5) is 6.01 Å². The van der Waals surface area contributed by atoms with Gasteiger partial charge in [0.15, 0.2) is 11.7 Å². The van der Waals surface area contributed by atoms with Gasteiger partial charge in [-0.25, -0.2) is 0 Å². The van der Waals surface area contributed by atoms with Gasteiger partial charge in [0, 0.05) is 19.1 Å². The Bertz CT molecular complexity index is 854. The number of ether oxygens (including phenoxy) is 1. The van der Waals surface area contributed by atoms with E-state index in [0.717, 1.165) is 30.4 Å². The molecule has 0 radical (unpaired) electrons. The predicted molar refractivity (Wildman–Crippen MR) is 114 cm³/mol. The van der Waals surface area contributed by atoms with Crippen molar-refractivity contribution in [2.45, 2.75) is 64.5 Å². The van der Waals surface area contributed by atoms with Crippen LogP contribution in [-0.2, 0) is 14.3 Å². The highest BCUT2D eigenvalue weighted by molar-refractivity contribution is 5.84. The van der Waals surface area contributed by atoms with Gasteiger partial charge >= 0.3 is 5.97 Å². The molecule has 1 saturated carbocycles. The van der Waals surface area contributed by atoms with Crippen LogP contribution in [0.15, 0.2) is 28.7 Å². The molecule has 1 saturated heterocycles. The number of hydrogen-bond acceptors (Lipinski definition) is 6. The lowest BCUT2D eigenvalue weighted by Crippen LogP contribution is -2.46. The predicted octanol–water partition coefficient (Wildman–Crippen LogP) is 3.67. The maximum absolute atomic E-state index is 12.6. The van der Waals surface area contributed by atoms with E-state index in [-0.39, 0.29) is 23.8 Å². The Kier molecular flexibility index (Phi) is 6.25. The Morgan fingerprint density at radius 3 is 2.63 bits per heavy atom.